The van der Waals surface area contributed by atoms with Crippen LogP contribution in [0.25, 0.3) is 0 Å². The van der Waals surface area contributed by atoms with Gasteiger partial charge in [0.15, 0.2) is 0 Å². The Morgan fingerprint density at radius 1 is 1.25 bits per heavy atom. The van der Waals surface area contributed by atoms with E-state index >= 15 is 0 Å². The van der Waals surface area contributed by atoms with E-state index in [1.165, 1.54) is 18.2 Å². The SMILES string of the molecule is CCN(CC)CC(=O)N1CCC[C@@H](CCc2c(F)cccc2F)C1. The van der Waals surface area contributed by atoms with E-state index in [-0.39, 0.29) is 11.5 Å². The molecular formula is C19H28F2N2O. The minimum Gasteiger partial charge on any atom is -0.341 e. The number of halogens is 2. The molecule has 134 valence electrons. The van der Waals surface area contributed by atoms with Gasteiger partial charge in [0, 0.05) is 18.7 Å². The van der Waals surface area contributed by atoms with Crippen LogP contribution < -0.4 is 0 Å². The van der Waals surface area contributed by atoms with Crippen LogP contribution in [0.15, 0.2) is 18.2 Å². The number of benzene rings is 1. The molecule has 5 heteroatoms. The van der Waals surface area contributed by atoms with Crippen LogP contribution in [0, 0.1) is 17.6 Å². The van der Waals surface area contributed by atoms with Crippen molar-refractivity contribution in [1.29, 1.82) is 0 Å². The number of likely N-dealkylation sites (N-methyl/N-ethyl adjacent to an activating group) is 1. The predicted molar refractivity (Wildman–Crippen MR) is 91.8 cm³/mol. The van der Waals surface area contributed by atoms with E-state index in [9.17, 15) is 13.6 Å². The summed E-state index contributed by atoms with van der Waals surface area (Å²) in [5, 5.41) is 0. The third-order valence-corrected chi connectivity index (χ3v) is 4.99. The molecule has 0 spiro atoms. The molecule has 1 aliphatic heterocycles. The largest absolute Gasteiger partial charge is 0.341 e. The molecule has 1 aromatic rings. The van der Waals surface area contributed by atoms with Crippen LogP contribution >= 0.6 is 0 Å². The zero-order chi connectivity index (χ0) is 17.5. The first-order chi connectivity index (χ1) is 11.5. The molecule has 24 heavy (non-hydrogen) atoms. The van der Waals surface area contributed by atoms with E-state index in [1.807, 2.05) is 4.90 Å². The van der Waals surface area contributed by atoms with E-state index in [0.29, 0.717) is 31.8 Å². The average molecular weight is 338 g/mol. The van der Waals surface area contributed by atoms with Crippen molar-refractivity contribution in [2.24, 2.45) is 5.92 Å². The summed E-state index contributed by atoms with van der Waals surface area (Å²) in [6.45, 7) is 7.80. The lowest BCUT2D eigenvalue weighted by Crippen LogP contribution is -2.45. The zero-order valence-corrected chi connectivity index (χ0v) is 14.7. The van der Waals surface area contributed by atoms with Crippen LogP contribution in [0.2, 0.25) is 0 Å². The Kier molecular flexibility index (Phi) is 7.16. The van der Waals surface area contributed by atoms with Crippen molar-refractivity contribution in [3.05, 3.63) is 35.4 Å². The van der Waals surface area contributed by atoms with Gasteiger partial charge in [0.05, 0.1) is 6.54 Å². The van der Waals surface area contributed by atoms with E-state index in [2.05, 4.69) is 18.7 Å². The molecule has 1 fully saturated rings. The maximum absolute atomic E-state index is 13.7. The molecular weight excluding hydrogens is 310 g/mol. The van der Waals surface area contributed by atoms with E-state index in [4.69, 9.17) is 0 Å². The Hall–Kier alpha value is -1.49. The molecule has 1 amide bonds. The minimum atomic E-state index is -0.472. The maximum Gasteiger partial charge on any atom is 0.236 e. The van der Waals surface area contributed by atoms with Crippen molar-refractivity contribution in [2.45, 2.75) is 39.5 Å². The fourth-order valence-electron chi connectivity index (χ4n) is 3.39. The number of carbonyl (C=O) groups is 1. The standard InChI is InChI=1S/C19H28F2N2O/c1-3-22(4-2)14-19(24)23-12-6-7-15(13-23)10-11-16-17(20)8-5-9-18(16)21/h5,8-9,15H,3-4,6-7,10-14H2,1-2H3/t15-/m0/s1. The Morgan fingerprint density at radius 3 is 2.54 bits per heavy atom. The molecule has 0 saturated carbocycles. The average Bonchev–Trinajstić information content (AvgIpc) is 2.59. The molecule has 1 aromatic carbocycles. The lowest BCUT2D eigenvalue weighted by molar-refractivity contribution is -0.134. The van der Waals surface area contributed by atoms with Gasteiger partial charge in [-0.05, 0) is 56.8 Å². The number of likely N-dealkylation sites (tertiary alicyclic amines) is 1. The molecule has 0 aromatic heterocycles. The zero-order valence-electron chi connectivity index (χ0n) is 14.7. The Morgan fingerprint density at radius 2 is 1.92 bits per heavy atom. The number of hydrogen-bond acceptors (Lipinski definition) is 2. The second-order valence-electron chi connectivity index (χ2n) is 6.55. The highest BCUT2D eigenvalue weighted by Crippen LogP contribution is 2.23. The van der Waals surface area contributed by atoms with E-state index in [1.54, 1.807) is 0 Å². The summed E-state index contributed by atoms with van der Waals surface area (Å²) in [6.07, 6.45) is 3.09. The lowest BCUT2D eigenvalue weighted by Gasteiger charge is -2.34. The van der Waals surface area contributed by atoms with Crippen LogP contribution in [0.1, 0.15) is 38.7 Å². The molecule has 0 unspecified atom stereocenters. The van der Waals surface area contributed by atoms with E-state index < -0.39 is 11.6 Å². The van der Waals surface area contributed by atoms with Crippen molar-refractivity contribution in [1.82, 2.24) is 9.80 Å². The number of piperidine rings is 1. The summed E-state index contributed by atoms with van der Waals surface area (Å²) in [4.78, 5) is 16.5. The van der Waals surface area contributed by atoms with Gasteiger partial charge >= 0.3 is 0 Å². The van der Waals surface area contributed by atoms with Gasteiger partial charge in [-0.1, -0.05) is 19.9 Å². The third kappa shape index (κ3) is 5.00. The van der Waals surface area contributed by atoms with E-state index in [0.717, 1.165) is 32.5 Å². The molecule has 3 nitrogen and oxygen atoms in total. The highest BCUT2D eigenvalue weighted by atomic mass is 19.1. The second-order valence-corrected chi connectivity index (χ2v) is 6.55. The molecule has 1 saturated heterocycles. The number of nitrogens with zero attached hydrogens (tertiary/aromatic N) is 2. The highest BCUT2D eigenvalue weighted by molar-refractivity contribution is 5.78. The molecule has 2 rings (SSSR count). The smallest absolute Gasteiger partial charge is 0.236 e. The van der Waals surface area contributed by atoms with Crippen LogP contribution in [0.5, 0.6) is 0 Å². The predicted octanol–water partition coefficient (Wildman–Crippen LogP) is 3.48. The van der Waals surface area contributed by atoms with Gasteiger partial charge in [-0.25, -0.2) is 8.78 Å². The number of hydrogen-bond donors (Lipinski definition) is 0. The maximum atomic E-state index is 13.7. The topological polar surface area (TPSA) is 23.6 Å². The summed E-state index contributed by atoms with van der Waals surface area (Å²) in [7, 11) is 0. The first kappa shape index (κ1) is 18.8. The van der Waals surface area contributed by atoms with Crippen LogP contribution in [-0.2, 0) is 11.2 Å². The highest BCUT2D eigenvalue weighted by Gasteiger charge is 2.24. The molecule has 0 N–H and O–H groups in total. The quantitative estimate of drug-likeness (QED) is 0.760. The van der Waals surface area contributed by atoms with Crippen LogP contribution in [0.4, 0.5) is 8.78 Å². The van der Waals surface area contributed by atoms with Gasteiger partial charge in [0.25, 0.3) is 0 Å². The van der Waals surface area contributed by atoms with Crippen molar-refractivity contribution in [3.63, 3.8) is 0 Å². The molecule has 1 heterocycles. The van der Waals surface area contributed by atoms with Gasteiger partial charge in [0.2, 0.25) is 5.91 Å². The molecule has 1 atom stereocenters. The molecule has 0 radical (unpaired) electrons. The van der Waals surface area contributed by atoms with Gasteiger partial charge in [0.1, 0.15) is 11.6 Å². The summed E-state index contributed by atoms with van der Waals surface area (Å²) in [5.41, 5.74) is 0.170. The molecule has 0 aliphatic carbocycles. The first-order valence-corrected chi connectivity index (χ1v) is 8.98. The van der Waals surface area contributed by atoms with Gasteiger partial charge in [-0.3, -0.25) is 9.69 Å². The fourth-order valence-corrected chi connectivity index (χ4v) is 3.39. The summed E-state index contributed by atoms with van der Waals surface area (Å²) in [5.74, 6) is -0.459. The fraction of sp³-hybridized carbons (Fsp3) is 0.632. The second kappa shape index (κ2) is 9.11. The lowest BCUT2D eigenvalue weighted by atomic mass is 9.91. The van der Waals surface area contributed by atoms with Gasteiger partial charge in [-0.2, -0.15) is 0 Å². The molecule has 0 bridgehead atoms. The molecule has 1 aliphatic rings. The Bertz CT molecular complexity index is 526. The van der Waals surface area contributed by atoms with Crippen molar-refractivity contribution in [2.75, 3.05) is 32.7 Å². The monoisotopic (exact) mass is 338 g/mol. The van der Waals surface area contributed by atoms with Crippen LogP contribution in [0.3, 0.4) is 0 Å². The Labute approximate surface area is 143 Å². The summed E-state index contributed by atoms with van der Waals surface area (Å²) in [6, 6.07) is 4.00. The Balaban J connectivity index is 1.88. The van der Waals surface area contributed by atoms with Gasteiger partial charge in [-0.15, -0.1) is 0 Å². The first-order valence-electron chi connectivity index (χ1n) is 8.98. The van der Waals surface area contributed by atoms with Crippen molar-refractivity contribution < 1.29 is 13.6 Å². The van der Waals surface area contributed by atoms with Crippen molar-refractivity contribution in [3.8, 4) is 0 Å². The minimum absolute atomic E-state index is 0.167. The van der Waals surface area contributed by atoms with Crippen molar-refractivity contribution >= 4 is 5.91 Å². The van der Waals surface area contributed by atoms with Crippen LogP contribution in [-0.4, -0.2) is 48.4 Å². The normalized spacial score (nSPS) is 18.2. The number of amides is 1. The number of rotatable bonds is 7. The summed E-state index contributed by atoms with van der Waals surface area (Å²) >= 11 is 0. The third-order valence-electron chi connectivity index (χ3n) is 4.99. The number of carbonyl (C=O) groups excluding carboxylic acids is 1. The summed E-state index contributed by atoms with van der Waals surface area (Å²) < 4.78 is 27.4. The van der Waals surface area contributed by atoms with Gasteiger partial charge < -0.3 is 4.90 Å².